The van der Waals surface area contributed by atoms with Crippen molar-refractivity contribution in [2.75, 3.05) is 13.1 Å². The average Bonchev–Trinajstić information content (AvgIpc) is 2.83. The first-order chi connectivity index (χ1) is 9.83. The molecule has 2 rings (SSSR count). The highest BCUT2D eigenvalue weighted by Gasteiger charge is 2.30. The van der Waals surface area contributed by atoms with Gasteiger partial charge in [-0.05, 0) is 44.9 Å². The van der Waals surface area contributed by atoms with Crippen molar-refractivity contribution >= 4 is 17.7 Å². The molecule has 1 atom stereocenters. The van der Waals surface area contributed by atoms with Crippen LogP contribution in [0, 0.1) is 0 Å². The van der Waals surface area contributed by atoms with Crippen molar-refractivity contribution in [1.82, 2.24) is 14.9 Å². The molecule has 0 aliphatic carbocycles. The molecule has 7 heteroatoms. The molecule has 21 heavy (non-hydrogen) atoms. The maximum absolute atomic E-state index is 11.9. The van der Waals surface area contributed by atoms with E-state index >= 15 is 0 Å². The van der Waals surface area contributed by atoms with E-state index in [0.29, 0.717) is 19.7 Å². The quantitative estimate of drug-likeness (QED) is 0.803. The van der Waals surface area contributed by atoms with Gasteiger partial charge in [-0.15, -0.1) is 0 Å². The summed E-state index contributed by atoms with van der Waals surface area (Å²) >= 11 is 5.72. The fraction of sp³-hybridized carbons (Fsp3) is 0.643. The minimum absolute atomic E-state index is 0.00809. The molecule has 2 heterocycles. The first kappa shape index (κ1) is 16.0. The molecule has 0 spiro atoms. The molecular formula is C14H20ClN3O3. The summed E-state index contributed by atoms with van der Waals surface area (Å²) in [6, 6.07) is 1.76. The van der Waals surface area contributed by atoms with Crippen LogP contribution in [-0.4, -0.2) is 45.8 Å². The van der Waals surface area contributed by atoms with E-state index in [9.17, 15) is 4.79 Å². The van der Waals surface area contributed by atoms with E-state index in [1.165, 1.54) is 0 Å². The number of amides is 1. The molecule has 1 aliphatic rings. The first-order valence-electron chi connectivity index (χ1n) is 6.90. The van der Waals surface area contributed by atoms with Crippen LogP contribution in [0.25, 0.3) is 0 Å². The van der Waals surface area contributed by atoms with E-state index in [-0.39, 0.29) is 17.5 Å². The van der Waals surface area contributed by atoms with Crippen LogP contribution in [0.3, 0.4) is 0 Å². The van der Waals surface area contributed by atoms with Crippen LogP contribution in [0.2, 0.25) is 5.28 Å². The molecule has 0 N–H and O–H groups in total. The van der Waals surface area contributed by atoms with Gasteiger partial charge in [-0.1, -0.05) is 0 Å². The third-order valence-corrected chi connectivity index (χ3v) is 3.13. The minimum Gasteiger partial charge on any atom is -0.444 e. The van der Waals surface area contributed by atoms with Gasteiger partial charge in [-0.25, -0.2) is 14.8 Å². The zero-order chi connectivity index (χ0) is 15.5. The summed E-state index contributed by atoms with van der Waals surface area (Å²) in [5, 5.41) is 0.206. The van der Waals surface area contributed by atoms with Gasteiger partial charge in [0.1, 0.15) is 5.60 Å². The molecule has 1 aromatic rings. The van der Waals surface area contributed by atoms with Gasteiger partial charge in [0.05, 0.1) is 24.9 Å². The SMILES string of the molecule is CC(C)(C)OC(=O)N1CC[C@@H](OCc2ccnc(Cl)n2)C1. The molecule has 1 fully saturated rings. The molecule has 0 aromatic carbocycles. The van der Waals surface area contributed by atoms with Crippen LogP contribution >= 0.6 is 11.6 Å². The second kappa shape index (κ2) is 6.58. The Morgan fingerprint density at radius 3 is 2.95 bits per heavy atom. The second-order valence-corrected chi connectivity index (χ2v) is 6.30. The third-order valence-electron chi connectivity index (χ3n) is 2.95. The van der Waals surface area contributed by atoms with E-state index in [4.69, 9.17) is 21.1 Å². The maximum Gasteiger partial charge on any atom is 0.410 e. The molecule has 0 radical (unpaired) electrons. The highest BCUT2D eigenvalue weighted by atomic mass is 35.5. The molecule has 1 amide bonds. The number of ether oxygens (including phenoxy) is 2. The number of halogens is 1. The Morgan fingerprint density at radius 2 is 2.29 bits per heavy atom. The molecule has 0 bridgehead atoms. The predicted octanol–water partition coefficient (Wildman–Crippen LogP) is 2.66. The lowest BCUT2D eigenvalue weighted by atomic mass is 10.2. The van der Waals surface area contributed by atoms with Gasteiger partial charge in [0, 0.05) is 12.7 Å². The normalized spacial score (nSPS) is 18.9. The molecule has 6 nitrogen and oxygen atoms in total. The van der Waals surface area contributed by atoms with Crippen LogP contribution in [0.1, 0.15) is 32.9 Å². The molecule has 1 aromatic heterocycles. The number of hydrogen-bond acceptors (Lipinski definition) is 5. The lowest BCUT2D eigenvalue weighted by molar-refractivity contribution is 0.0179. The van der Waals surface area contributed by atoms with Gasteiger partial charge in [0.15, 0.2) is 0 Å². The van der Waals surface area contributed by atoms with E-state index in [0.717, 1.165) is 12.1 Å². The molecule has 0 saturated carbocycles. The van der Waals surface area contributed by atoms with Crippen molar-refractivity contribution in [3.8, 4) is 0 Å². The highest BCUT2D eigenvalue weighted by Crippen LogP contribution is 2.18. The molecule has 1 saturated heterocycles. The molecule has 0 unspecified atom stereocenters. The van der Waals surface area contributed by atoms with Crippen molar-refractivity contribution in [2.24, 2.45) is 0 Å². The number of carbonyl (C=O) groups is 1. The molecule has 116 valence electrons. The Labute approximate surface area is 129 Å². The van der Waals surface area contributed by atoms with Crippen LogP contribution in [-0.2, 0) is 16.1 Å². The third kappa shape index (κ3) is 5.13. The largest absolute Gasteiger partial charge is 0.444 e. The lowest BCUT2D eigenvalue weighted by Gasteiger charge is -2.24. The fourth-order valence-electron chi connectivity index (χ4n) is 2.01. The van der Waals surface area contributed by atoms with E-state index < -0.39 is 5.60 Å². The van der Waals surface area contributed by atoms with Gasteiger partial charge in [0.2, 0.25) is 5.28 Å². The zero-order valence-electron chi connectivity index (χ0n) is 12.5. The smallest absolute Gasteiger partial charge is 0.410 e. The Bertz CT molecular complexity index is 504. The van der Waals surface area contributed by atoms with Crippen molar-refractivity contribution in [1.29, 1.82) is 0 Å². The van der Waals surface area contributed by atoms with Gasteiger partial charge in [-0.2, -0.15) is 0 Å². The fourth-order valence-corrected chi connectivity index (χ4v) is 2.17. The van der Waals surface area contributed by atoms with E-state index in [1.807, 2.05) is 20.8 Å². The van der Waals surface area contributed by atoms with Gasteiger partial charge >= 0.3 is 6.09 Å². The summed E-state index contributed by atoms with van der Waals surface area (Å²) in [6.07, 6.45) is 2.08. The van der Waals surface area contributed by atoms with Crippen molar-refractivity contribution in [2.45, 2.75) is 45.5 Å². The Morgan fingerprint density at radius 1 is 1.52 bits per heavy atom. The molecule has 1 aliphatic heterocycles. The van der Waals surface area contributed by atoms with Crippen LogP contribution in [0.4, 0.5) is 4.79 Å². The standard InChI is InChI=1S/C14H20ClN3O3/c1-14(2,3)21-13(19)18-7-5-11(8-18)20-9-10-4-6-16-12(15)17-10/h4,6,11H,5,7-9H2,1-3H3/t11-/m1/s1. The Kier molecular flexibility index (Phi) is 5.00. The van der Waals surface area contributed by atoms with Crippen molar-refractivity contribution < 1.29 is 14.3 Å². The average molecular weight is 314 g/mol. The Hall–Kier alpha value is -1.40. The zero-order valence-corrected chi connectivity index (χ0v) is 13.3. The van der Waals surface area contributed by atoms with Crippen LogP contribution in [0.15, 0.2) is 12.3 Å². The van der Waals surface area contributed by atoms with Gasteiger partial charge < -0.3 is 14.4 Å². The minimum atomic E-state index is -0.478. The summed E-state index contributed by atoms with van der Waals surface area (Å²) in [7, 11) is 0. The number of rotatable bonds is 3. The van der Waals surface area contributed by atoms with Crippen LogP contribution < -0.4 is 0 Å². The number of likely N-dealkylation sites (tertiary alicyclic amines) is 1. The summed E-state index contributed by atoms with van der Waals surface area (Å²) in [5.74, 6) is 0. The highest BCUT2D eigenvalue weighted by molar-refractivity contribution is 6.28. The number of hydrogen-bond donors (Lipinski definition) is 0. The Balaban J connectivity index is 1.79. The predicted molar refractivity (Wildman–Crippen MR) is 78.0 cm³/mol. The number of aromatic nitrogens is 2. The van der Waals surface area contributed by atoms with Gasteiger partial charge in [0.25, 0.3) is 0 Å². The summed E-state index contributed by atoms with van der Waals surface area (Å²) in [5.41, 5.74) is 0.249. The monoisotopic (exact) mass is 313 g/mol. The van der Waals surface area contributed by atoms with Gasteiger partial charge in [-0.3, -0.25) is 0 Å². The maximum atomic E-state index is 11.9. The lowest BCUT2D eigenvalue weighted by Crippen LogP contribution is -2.36. The summed E-state index contributed by atoms with van der Waals surface area (Å²) in [4.78, 5) is 21.5. The summed E-state index contributed by atoms with van der Waals surface area (Å²) < 4.78 is 11.1. The molecular weight excluding hydrogens is 294 g/mol. The van der Waals surface area contributed by atoms with E-state index in [2.05, 4.69) is 9.97 Å². The van der Waals surface area contributed by atoms with E-state index in [1.54, 1.807) is 17.2 Å². The first-order valence-corrected chi connectivity index (χ1v) is 7.28. The second-order valence-electron chi connectivity index (χ2n) is 5.97. The number of nitrogens with zero attached hydrogens (tertiary/aromatic N) is 3. The summed E-state index contributed by atoms with van der Waals surface area (Å²) in [6.45, 7) is 7.10. The number of carbonyl (C=O) groups excluding carboxylic acids is 1. The van der Waals surface area contributed by atoms with Crippen molar-refractivity contribution in [3.05, 3.63) is 23.2 Å². The van der Waals surface area contributed by atoms with Crippen LogP contribution in [0.5, 0.6) is 0 Å². The van der Waals surface area contributed by atoms with Crippen molar-refractivity contribution in [3.63, 3.8) is 0 Å². The topological polar surface area (TPSA) is 64.5 Å².